The number of hydrogen-bond acceptors (Lipinski definition) is 2. The number of carboxylic acid groups (broad SMARTS) is 1. The summed E-state index contributed by atoms with van der Waals surface area (Å²) in [5.74, 6) is -1.70. The van der Waals surface area contributed by atoms with E-state index in [0.29, 0.717) is 0 Å². The largest absolute Gasteiger partial charge is 0.479 e. The van der Waals surface area contributed by atoms with Gasteiger partial charge >= 0.3 is 5.97 Å². The lowest BCUT2D eigenvalue weighted by Gasteiger charge is -2.24. The maximum atomic E-state index is 12.8. The summed E-state index contributed by atoms with van der Waals surface area (Å²) in [6.45, 7) is 1.36. The van der Waals surface area contributed by atoms with Gasteiger partial charge in [-0.3, -0.25) is 0 Å². The number of rotatable bonds is 3. The molecule has 0 amide bonds. The Morgan fingerprint density at radius 1 is 1.60 bits per heavy atom. The lowest BCUT2D eigenvalue weighted by atomic mass is 9.96. The van der Waals surface area contributed by atoms with Crippen LogP contribution in [0.1, 0.15) is 12.5 Å². The molecule has 1 aromatic carbocycles. The number of hydrogen-bond donors (Lipinski definition) is 1. The van der Waals surface area contributed by atoms with Gasteiger partial charge in [0.1, 0.15) is 5.82 Å². The molecule has 0 saturated heterocycles. The van der Waals surface area contributed by atoms with E-state index in [1.165, 1.54) is 20.1 Å². The van der Waals surface area contributed by atoms with Gasteiger partial charge in [0.25, 0.3) is 0 Å². The van der Waals surface area contributed by atoms with Crippen LogP contribution in [-0.2, 0) is 15.1 Å². The highest BCUT2D eigenvalue weighted by Gasteiger charge is 2.37. The Balaban J connectivity index is 3.30. The van der Waals surface area contributed by atoms with Crippen molar-refractivity contribution in [3.05, 3.63) is 34.6 Å². The highest BCUT2D eigenvalue weighted by Crippen LogP contribution is 2.31. The summed E-state index contributed by atoms with van der Waals surface area (Å²) >= 11 is 5.75. The molecule has 0 aliphatic heterocycles. The minimum Gasteiger partial charge on any atom is -0.479 e. The average molecular weight is 233 g/mol. The molecule has 0 aliphatic carbocycles. The Morgan fingerprint density at radius 2 is 2.20 bits per heavy atom. The van der Waals surface area contributed by atoms with Gasteiger partial charge in [0.2, 0.25) is 0 Å². The van der Waals surface area contributed by atoms with Crippen molar-refractivity contribution >= 4 is 17.6 Å². The number of aliphatic carboxylic acids is 1. The summed E-state index contributed by atoms with van der Waals surface area (Å²) in [5, 5.41) is 9.03. The zero-order valence-electron chi connectivity index (χ0n) is 8.25. The fourth-order valence-corrected chi connectivity index (χ4v) is 1.54. The first-order chi connectivity index (χ1) is 6.91. The maximum Gasteiger partial charge on any atom is 0.340 e. The minimum absolute atomic E-state index is 0.0294. The normalized spacial score (nSPS) is 14.7. The van der Waals surface area contributed by atoms with E-state index in [-0.39, 0.29) is 10.6 Å². The monoisotopic (exact) mass is 232 g/mol. The second-order valence-electron chi connectivity index (χ2n) is 3.17. The molecular weight excluding hydrogens is 223 g/mol. The summed E-state index contributed by atoms with van der Waals surface area (Å²) < 4.78 is 17.7. The van der Waals surface area contributed by atoms with Gasteiger partial charge in [-0.1, -0.05) is 17.7 Å². The van der Waals surface area contributed by atoms with Crippen LogP contribution in [0.4, 0.5) is 4.39 Å². The number of carboxylic acids is 1. The van der Waals surface area contributed by atoms with Crippen LogP contribution in [0.5, 0.6) is 0 Å². The Kier molecular flexibility index (Phi) is 3.31. The van der Waals surface area contributed by atoms with Crippen LogP contribution < -0.4 is 0 Å². The molecular formula is C10H10ClFO3. The zero-order valence-corrected chi connectivity index (χ0v) is 9.01. The fourth-order valence-electron chi connectivity index (χ4n) is 1.19. The van der Waals surface area contributed by atoms with E-state index < -0.39 is 17.4 Å². The van der Waals surface area contributed by atoms with Crippen molar-refractivity contribution < 1.29 is 19.0 Å². The Labute approximate surface area is 91.4 Å². The van der Waals surface area contributed by atoms with Crippen LogP contribution in [0.25, 0.3) is 0 Å². The third kappa shape index (κ3) is 2.11. The van der Waals surface area contributed by atoms with E-state index in [1.807, 2.05) is 0 Å². The van der Waals surface area contributed by atoms with E-state index in [0.717, 1.165) is 12.1 Å². The summed E-state index contributed by atoms with van der Waals surface area (Å²) in [6, 6.07) is 3.49. The van der Waals surface area contributed by atoms with Crippen molar-refractivity contribution in [3.8, 4) is 0 Å². The quantitative estimate of drug-likeness (QED) is 0.871. The van der Waals surface area contributed by atoms with Gasteiger partial charge in [-0.15, -0.1) is 0 Å². The second-order valence-corrected chi connectivity index (χ2v) is 3.57. The van der Waals surface area contributed by atoms with Gasteiger partial charge < -0.3 is 9.84 Å². The summed E-state index contributed by atoms with van der Waals surface area (Å²) in [7, 11) is 1.26. The number of benzene rings is 1. The molecule has 1 rings (SSSR count). The molecule has 82 valence electrons. The summed E-state index contributed by atoms with van der Waals surface area (Å²) in [5.41, 5.74) is -1.34. The van der Waals surface area contributed by atoms with Crippen molar-refractivity contribution in [2.75, 3.05) is 7.11 Å². The van der Waals surface area contributed by atoms with Gasteiger partial charge in [0.15, 0.2) is 5.60 Å². The highest BCUT2D eigenvalue weighted by molar-refractivity contribution is 6.31. The summed E-state index contributed by atoms with van der Waals surface area (Å²) in [4.78, 5) is 11.0. The van der Waals surface area contributed by atoms with Crippen LogP contribution in [0.3, 0.4) is 0 Å². The van der Waals surface area contributed by atoms with Crippen molar-refractivity contribution in [2.24, 2.45) is 0 Å². The molecule has 15 heavy (non-hydrogen) atoms. The van der Waals surface area contributed by atoms with Gasteiger partial charge in [0, 0.05) is 12.7 Å². The Morgan fingerprint density at radius 3 is 2.60 bits per heavy atom. The maximum absolute atomic E-state index is 12.8. The molecule has 0 radical (unpaired) electrons. The van der Waals surface area contributed by atoms with Gasteiger partial charge in [-0.25, -0.2) is 9.18 Å². The van der Waals surface area contributed by atoms with Crippen LogP contribution in [0, 0.1) is 5.82 Å². The number of carbonyl (C=O) groups is 1. The first kappa shape index (κ1) is 11.9. The highest BCUT2D eigenvalue weighted by atomic mass is 35.5. The molecule has 1 N–H and O–H groups in total. The predicted molar refractivity (Wildman–Crippen MR) is 53.4 cm³/mol. The van der Waals surface area contributed by atoms with E-state index in [9.17, 15) is 9.18 Å². The topological polar surface area (TPSA) is 46.5 Å². The third-order valence-electron chi connectivity index (χ3n) is 2.26. The van der Waals surface area contributed by atoms with Crippen molar-refractivity contribution in [1.29, 1.82) is 0 Å². The standard InChI is InChI=1S/C10H10ClFO3/c1-10(15-2,9(13)14)7-4-3-6(12)5-8(7)11/h3-5H,1-2H3,(H,13,14). The molecule has 0 aliphatic rings. The Bertz CT molecular complexity index is 394. The SMILES string of the molecule is COC(C)(C(=O)O)c1ccc(F)cc1Cl. The molecule has 1 unspecified atom stereocenters. The van der Waals surface area contributed by atoms with Gasteiger partial charge in [-0.2, -0.15) is 0 Å². The van der Waals surface area contributed by atoms with E-state index in [4.69, 9.17) is 21.4 Å². The predicted octanol–water partition coefficient (Wildman–Crippen LogP) is 2.43. The molecule has 5 heteroatoms. The first-order valence-corrected chi connectivity index (χ1v) is 4.53. The number of ether oxygens (including phenoxy) is 1. The minimum atomic E-state index is -1.56. The van der Waals surface area contributed by atoms with Crippen molar-refractivity contribution in [2.45, 2.75) is 12.5 Å². The Hall–Kier alpha value is -1.13. The lowest BCUT2D eigenvalue weighted by molar-refractivity contribution is -0.161. The fraction of sp³-hybridized carbons (Fsp3) is 0.300. The molecule has 0 spiro atoms. The first-order valence-electron chi connectivity index (χ1n) is 4.16. The average Bonchev–Trinajstić information content (AvgIpc) is 2.16. The van der Waals surface area contributed by atoms with Crippen molar-refractivity contribution in [1.82, 2.24) is 0 Å². The van der Waals surface area contributed by atoms with E-state index in [2.05, 4.69) is 0 Å². The molecule has 0 bridgehead atoms. The molecule has 0 aromatic heterocycles. The summed E-state index contributed by atoms with van der Waals surface area (Å²) in [6.07, 6.45) is 0. The van der Waals surface area contributed by atoms with Crippen LogP contribution in [0.2, 0.25) is 5.02 Å². The van der Waals surface area contributed by atoms with Crippen LogP contribution in [0.15, 0.2) is 18.2 Å². The lowest BCUT2D eigenvalue weighted by Crippen LogP contribution is -2.34. The molecule has 0 heterocycles. The van der Waals surface area contributed by atoms with Gasteiger partial charge in [0.05, 0.1) is 5.02 Å². The van der Waals surface area contributed by atoms with Gasteiger partial charge in [-0.05, 0) is 19.1 Å². The molecule has 1 aromatic rings. The molecule has 0 saturated carbocycles. The molecule has 0 fully saturated rings. The van der Waals surface area contributed by atoms with Crippen LogP contribution >= 0.6 is 11.6 Å². The number of halogens is 2. The molecule has 1 atom stereocenters. The van der Waals surface area contributed by atoms with E-state index >= 15 is 0 Å². The smallest absolute Gasteiger partial charge is 0.340 e. The second kappa shape index (κ2) is 4.16. The van der Waals surface area contributed by atoms with Crippen LogP contribution in [-0.4, -0.2) is 18.2 Å². The third-order valence-corrected chi connectivity index (χ3v) is 2.57. The number of methoxy groups -OCH3 is 1. The molecule has 3 nitrogen and oxygen atoms in total. The van der Waals surface area contributed by atoms with Crippen molar-refractivity contribution in [3.63, 3.8) is 0 Å². The van der Waals surface area contributed by atoms with E-state index in [1.54, 1.807) is 0 Å². The zero-order chi connectivity index (χ0) is 11.6.